The van der Waals surface area contributed by atoms with Crippen LogP contribution in [0.5, 0.6) is 5.75 Å². The number of benzene rings is 1. The summed E-state index contributed by atoms with van der Waals surface area (Å²) in [7, 11) is 3.03. The number of esters is 1. The largest absolute Gasteiger partial charge is 0.497 e. The Hall–Kier alpha value is -4.33. The third kappa shape index (κ3) is 12.8. The maximum atomic E-state index is 14.4. The number of hydrogen-bond acceptors (Lipinski definition) is 10. The molecule has 0 aliphatic carbocycles. The fraction of sp³-hybridized carbons (Fsp3) is 0.698. The number of ketones is 2. The van der Waals surface area contributed by atoms with Crippen LogP contribution in [-0.4, -0.2) is 113 Å². The van der Waals surface area contributed by atoms with Crippen molar-refractivity contribution in [1.82, 2.24) is 20.4 Å². The molecule has 1 aromatic rings. The van der Waals surface area contributed by atoms with Gasteiger partial charge in [-0.2, -0.15) is 0 Å². The fourth-order valence-corrected chi connectivity index (χ4v) is 7.73. The molecule has 2 heterocycles. The number of methoxy groups -OCH3 is 1. The Morgan fingerprint density at radius 2 is 1.56 bits per heavy atom. The van der Waals surface area contributed by atoms with Gasteiger partial charge in [0.1, 0.15) is 41.5 Å². The molecule has 2 fully saturated rings. The van der Waals surface area contributed by atoms with E-state index < -0.39 is 89.4 Å². The summed E-state index contributed by atoms with van der Waals surface area (Å²) >= 11 is 0. The van der Waals surface area contributed by atoms with Crippen molar-refractivity contribution in [2.24, 2.45) is 29.6 Å². The highest BCUT2D eigenvalue weighted by Gasteiger charge is 2.43. The van der Waals surface area contributed by atoms with E-state index >= 15 is 0 Å². The minimum absolute atomic E-state index is 0.0361. The van der Waals surface area contributed by atoms with E-state index in [-0.39, 0.29) is 56.4 Å². The van der Waals surface area contributed by atoms with Crippen LogP contribution in [0.1, 0.15) is 106 Å². The molecule has 14 nitrogen and oxygen atoms in total. The van der Waals surface area contributed by atoms with E-state index in [1.165, 1.54) is 30.9 Å². The summed E-state index contributed by atoms with van der Waals surface area (Å²) in [6.45, 7) is 14.4. The molecule has 9 atom stereocenters. The molecule has 0 radical (unpaired) electrons. The first-order chi connectivity index (χ1) is 26.8. The normalized spacial score (nSPS) is 28.9. The van der Waals surface area contributed by atoms with Crippen LogP contribution < -0.4 is 15.4 Å². The molecule has 0 spiro atoms. The highest BCUT2D eigenvalue weighted by Crippen LogP contribution is 2.27. The predicted molar refractivity (Wildman–Crippen MR) is 214 cm³/mol. The summed E-state index contributed by atoms with van der Waals surface area (Å²) in [4.78, 5) is 99.8. The summed E-state index contributed by atoms with van der Waals surface area (Å²) in [5, 5.41) is 16.9. The molecule has 1 unspecified atom stereocenters. The summed E-state index contributed by atoms with van der Waals surface area (Å²) in [5.74, 6) is -5.71. The van der Waals surface area contributed by atoms with E-state index in [0.717, 1.165) is 0 Å². The van der Waals surface area contributed by atoms with Crippen molar-refractivity contribution < 1.29 is 48.1 Å². The Labute approximate surface area is 338 Å². The van der Waals surface area contributed by atoms with Crippen LogP contribution in [0.2, 0.25) is 0 Å². The highest BCUT2D eigenvalue weighted by atomic mass is 16.5. The van der Waals surface area contributed by atoms with Crippen molar-refractivity contribution in [2.75, 3.05) is 20.7 Å². The van der Waals surface area contributed by atoms with Crippen molar-refractivity contribution in [3.05, 3.63) is 29.8 Å². The molecule has 3 N–H and O–H groups in total. The lowest BCUT2D eigenvalue weighted by molar-refractivity contribution is -0.160. The molecule has 0 bridgehead atoms. The van der Waals surface area contributed by atoms with Gasteiger partial charge in [-0.05, 0) is 68.6 Å². The molecular formula is C43H66N4O10. The number of carbonyl (C=O) groups is 7. The average Bonchev–Trinajstić information content (AvgIpc) is 3.65. The SMILES string of the molecule is CC[C@H](C)[C@H]1NC(=O)C[C@@H](C)OC(=O)[C@H](Cc2ccc(OC)cc2)N(C)C(=O)[C@@H]2CCCN2C(=O)[C@H](CC(C)C)NC(=O)[C@@H](C)C(=O)C(C(C)C)CC(=O)C[C@@H]1O. The van der Waals surface area contributed by atoms with Crippen molar-refractivity contribution in [3.8, 4) is 5.75 Å². The summed E-state index contributed by atoms with van der Waals surface area (Å²) in [5.41, 5.74) is 0.711. The van der Waals surface area contributed by atoms with Gasteiger partial charge in [-0.1, -0.05) is 60.1 Å². The second-order valence-electron chi connectivity index (χ2n) is 16.8. The number of ether oxygens (including phenoxy) is 2. The number of cyclic esters (lactones) is 1. The molecule has 4 amide bonds. The van der Waals surface area contributed by atoms with Crippen molar-refractivity contribution in [3.63, 3.8) is 0 Å². The second-order valence-corrected chi connectivity index (χ2v) is 16.8. The number of rotatable bonds is 8. The number of likely N-dealkylation sites (N-methyl/N-ethyl adjacent to an activating group) is 1. The quantitative estimate of drug-likeness (QED) is 0.259. The molecule has 3 rings (SSSR count). The van der Waals surface area contributed by atoms with E-state index in [4.69, 9.17) is 9.47 Å². The number of Topliss-reactive ketones (excluding diaryl/α,β-unsaturated/α-hetero) is 2. The Morgan fingerprint density at radius 1 is 0.912 bits per heavy atom. The zero-order chi connectivity index (χ0) is 42.7. The van der Waals surface area contributed by atoms with E-state index in [0.29, 0.717) is 30.6 Å². The number of carbonyl (C=O) groups excluding carboxylic acids is 7. The lowest BCUT2D eigenvalue weighted by Gasteiger charge is -2.34. The molecule has 1 aromatic carbocycles. The van der Waals surface area contributed by atoms with Crippen molar-refractivity contribution in [2.45, 2.75) is 143 Å². The van der Waals surface area contributed by atoms with Gasteiger partial charge in [0.15, 0.2) is 0 Å². The Kier molecular flexibility index (Phi) is 17.7. The molecule has 0 aromatic heterocycles. The molecule has 2 aliphatic heterocycles. The Balaban J connectivity index is 2.07. The molecule has 2 aliphatic rings. The minimum Gasteiger partial charge on any atom is -0.497 e. The predicted octanol–water partition coefficient (Wildman–Crippen LogP) is 3.64. The lowest BCUT2D eigenvalue weighted by Crippen LogP contribution is -2.57. The Morgan fingerprint density at radius 3 is 2.14 bits per heavy atom. The van der Waals surface area contributed by atoms with Crippen LogP contribution in [0.4, 0.5) is 0 Å². The fourth-order valence-electron chi connectivity index (χ4n) is 7.73. The average molecular weight is 799 g/mol. The maximum absolute atomic E-state index is 14.4. The molecule has 57 heavy (non-hydrogen) atoms. The number of fused-ring (bicyclic) bond motifs is 1. The van der Waals surface area contributed by atoms with Gasteiger partial charge in [0.25, 0.3) is 0 Å². The van der Waals surface area contributed by atoms with Crippen LogP contribution in [0.15, 0.2) is 24.3 Å². The number of nitrogens with zero attached hydrogens (tertiary/aromatic N) is 2. The van der Waals surface area contributed by atoms with Crippen LogP contribution in [0.3, 0.4) is 0 Å². The van der Waals surface area contributed by atoms with Crippen LogP contribution in [-0.2, 0) is 44.7 Å². The van der Waals surface area contributed by atoms with Gasteiger partial charge < -0.3 is 35.0 Å². The zero-order valence-electron chi connectivity index (χ0n) is 35.5. The lowest BCUT2D eigenvalue weighted by atomic mass is 9.80. The topological polar surface area (TPSA) is 189 Å². The van der Waals surface area contributed by atoms with Gasteiger partial charge >= 0.3 is 5.97 Å². The first-order valence-electron chi connectivity index (χ1n) is 20.5. The van der Waals surface area contributed by atoms with E-state index in [1.807, 2.05) is 27.7 Å². The summed E-state index contributed by atoms with van der Waals surface area (Å²) < 4.78 is 11.1. The standard InChI is InChI=1S/C43H66N4O10/c1-11-26(6)38-36(49)23-30(48)22-32(25(4)5)39(51)28(8)40(52)44-33(19-24(2)3)41(53)47-18-12-13-34(47)42(54)46(9)35(21-29-14-16-31(56-10)17-15-29)43(55)57-27(7)20-37(50)45-38/h14-17,24-28,32-36,38,49H,11-13,18-23H2,1-10H3,(H,44,52)(H,45,50)/t26-,27+,28-,32?,33-,34-,35-,36-,38+/m0/s1. The highest BCUT2D eigenvalue weighted by molar-refractivity contribution is 6.04. The Bertz CT molecular complexity index is 1580. The molecular weight excluding hydrogens is 732 g/mol. The second kappa shape index (κ2) is 21.4. The third-order valence-electron chi connectivity index (χ3n) is 11.5. The van der Waals surface area contributed by atoms with Gasteiger partial charge in [-0.15, -0.1) is 0 Å². The molecule has 2 saturated heterocycles. The first kappa shape index (κ1) is 47.0. The van der Waals surface area contributed by atoms with Crippen molar-refractivity contribution >= 4 is 41.2 Å². The number of nitrogens with one attached hydrogen (secondary N) is 2. The zero-order valence-corrected chi connectivity index (χ0v) is 35.5. The van der Waals surface area contributed by atoms with E-state index in [9.17, 15) is 38.7 Å². The number of amides is 4. The van der Waals surface area contributed by atoms with E-state index in [2.05, 4.69) is 10.6 Å². The van der Waals surface area contributed by atoms with Gasteiger partial charge in [0.2, 0.25) is 23.6 Å². The molecule has 0 saturated carbocycles. The molecule has 318 valence electrons. The van der Waals surface area contributed by atoms with Gasteiger partial charge in [-0.3, -0.25) is 28.8 Å². The van der Waals surface area contributed by atoms with Gasteiger partial charge in [-0.25, -0.2) is 4.79 Å². The monoisotopic (exact) mass is 798 g/mol. The van der Waals surface area contributed by atoms with Crippen LogP contribution in [0, 0.1) is 29.6 Å². The van der Waals surface area contributed by atoms with Crippen LogP contribution in [0.25, 0.3) is 0 Å². The van der Waals surface area contributed by atoms with Gasteiger partial charge in [0, 0.05) is 38.8 Å². The number of aliphatic hydroxyl groups excluding tert-OH is 1. The minimum atomic E-state index is -1.27. The van der Waals surface area contributed by atoms with E-state index in [1.54, 1.807) is 45.0 Å². The number of hydrogen-bond donors (Lipinski definition) is 3. The summed E-state index contributed by atoms with van der Waals surface area (Å²) in [6.07, 6.45) is -1.25. The van der Waals surface area contributed by atoms with Gasteiger partial charge in [0.05, 0.1) is 31.6 Å². The van der Waals surface area contributed by atoms with Crippen molar-refractivity contribution in [1.29, 1.82) is 0 Å². The maximum Gasteiger partial charge on any atom is 0.329 e. The third-order valence-corrected chi connectivity index (χ3v) is 11.5. The number of aliphatic hydroxyl groups is 1. The smallest absolute Gasteiger partial charge is 0.329 e. The summed E-state index contributed by atoms with van der Waals surface area (Å²) in [6, 6.07) is 3.11. The van der Waals surface area contributed by atoms with Crippen LogP contribution >= 0.6 is 0 Å². The first-order valence-corrected chi connectivity index (χ1v) is 20.5. The molecule has 14 heteroatoms.